The Labute approximate surface area is 692 Å². The van der Waals surface area contributed by atoms with Crippen LogP contribution in [0, 0.1) is 0 Å². The van der Waals surface area contributed by atoms with Crippen molar-refractivity contribution in [2.24, 2.45) is 0 Å². The van der Waals surface area contributed by atoms with E-state index < -0.39 is 7.14 Å². The van der Waals surface area contributed by atoms with Crippen molar-refractivity contribution in [3.05, 3.63) is 423 Å². The lowest BCUT2D eigenvalue weighted by atomic mass is 9.85. The smallest absolute Gasteiger partial charge is 0.163 e. The SMILES string of the molecule is CC.CC.CC.CC.CC.CP(C)(C)=O.c1ccc(-c2cccc(-c3ncnc(-c4ccccc4)n3)c2)cc1.c1ccc(-c2ncnc(-c3ccccc3)n2)cc1.c1ccc(C(=C(c2ccccc2)c2cccc(-c3ccc(-c4ncnc(-c5ccccc5)n4)cc3)c2)c2ccccc2)cc1.c1ccc2scnc2c1.c1ccccc1. The molecule has 11 nitrogen and oxygen atoms in total. The molecular formula is C103H105N10OPS. The Kier molecular flexibility index (Phi) is 39.9. The molecule has 0 amide bonds. The summed E-state index contributed by atoms with van der Waals surface area (Å²) in [6.45, 7) is 25.2. The van der Waals surface area contributed by atoms with Crippen molar-refractivity contribution in [1.82, 2.24) is 49.8 Å². The lowest BCUT2D eigenvalue weighted by Crippen LogP contribution is -1.98. The predicted octanol–water partition coefficient (Wildman–Crippen LogP) is 28.3. The third-order valence-electron chi connectivity index (χ3n) is 16.0. The van der Waals surface area contributed by atoms with Crippen LogP contribution < -0.4 is 0 Å². The number of hydrogen-bond acceptors (Lipinski definition) is 12. The van der Waals surface area contributed by atoms with E-state index in [4.69, 9.17) is 4.98 Å². The fraction of sp³-hybridized carbons (Fsp3) is 0.126. The monoisotopic (exact) mass is 1560 g/mol. The average molecular weight is 1560 g/mol. The minimum atomic E-state index is -1.64. The minimum Gasteiger partial charge on any atom is -0.324 e. The maximum absolute atomic E-state index is 10.2. The molecule has 0 aliphatic heterocycles. The largest absolute Gasteiger partial charge is 0.324 e. The Hall–Kier alpha value is -13.3. The van der Waals surface area contributed by atoms with E-state index >= 15 is 0 Å². The van der Waals surface area contributed by atoms with Gasteiger partial charge in [0.15, 0.2) is 34.9 Å². The summed E-state index contributed by atoms with van der Waals surface area (Å²) >= 11 is 1.68. The van der Waals surface area contributed by atoms with Crippen molar-refractivity contribution < 1.29 is 4.57 Å². The van der Waals surface area contributed by atoms with E-state index in [9.17, 15) is 4.57 Å². The van der Waals surface area contributed by atoms with Gasteiger partial charge in [-0.05, 0) is 99.9 Å². The third kappa shape index (κ3) is 29.1. The van der Waals surface area contributed by atoms with Gasteiger partial charge in [0, 0.05) is 33.4 Å². The van der Waals surface area contributed by atoms with Gasteiger partial charge in [0.05, 0.1) is 22.9 Å². The molecule has 0 saturated carbocycles. The molecule has 584 valence electrons. The maximum Gasteiger partial charge on any atom is 0.163 e. The number of hydrogen-bond donors (Lipinski definition) is 0. The molecule has 0 N–H and O–H groups in total. The van der Waals surface area contributed by atoms with Crippen molar-refractivity contribution in [3.63, 3.8) is 0 Å². The molecule has 13 aromatic carbocycles. The van der Waals surface area contributed by atoms with Gasteiger partial charge in [0.25, 0.3) is 0 Å². The van der Waals surface area contributed by atoms with Crippen LogP contribution in [0.5, 0.6) is 0 Å². The van der Waals surface area contributed by atoms with Gasteiger partial charge in [-0.3, -0.25) is 0 Å². The first kappa shape index (κ1) is 89.9. The van der Waals surface area contributed by atoms with Crippen LogP contribution in [-0.2, 0) is 4.57 Å². The second-order valence-corrected chi connectivity index (χ2v) is 29.3. The number of para-hydroxylation sites is 1. The molecule has 4 aromatic heterocycles. The van der Waals surface area contributed by atoms with E-state index in [0.717, 1.165) is 61.2 Å². The third-order valence-corrected chi connectivity index (χ3v) is 16.8. The lowest BCUT2D eigenvalue weighted by Gasteiger charge is -2.19. The van der Waals surface area contributed by atoms with Crippen molar-refractivity contribution >= 4 is 39.8 Å². The van der Waals surface area contributed by atoms with Crippen LogP contribution in [0.3, 0.4) is 0 Å². The molecule has 0 bridgehead atoms. The fourth-order valence-electron chi connectivity index (χ4n) is 11.1. The quantitative estimate of drug-likeness (QED) is 0.0851. The van der Waals surface area contributed by atoms with E-state index in [-0.39, 0.29) is 0 Å². The van der Waals surface area contributed by atoms with Crippen molar-refractivity contribution in [2.75, 3.05) is 20.0 Å². The Balaban J connectivity index is 0.000000217. The summed E-state index contributed by atoms with van der Waals surface area (Å²) in [5.41, 5.74) is 20.5. The Morgan fingerprint density at radius 2 is 0.448 bits per heavy atom. The molecule has 0 saturated heterocycles. The van der Waals surface area contributed by atoms with E-state index in [1.54, 1.807) is 50.3 Å². The number of aromatic nitrogens is 10. The number of benzene rings is 13. The molecule has 0 atom stereocenters. The average Bonchev–Trinajstić information content (AvgIpc) is 0.800. The van der Waals surface area contributed by atoms with Gasteiger partial charge in [-0.15, -0.1) is 11.3 Å². The van der Waals surface area contributed by atoms with Gasteiger partial charge in [-0.25, -0.2) is 49.8 Å². The van der Waals surface area contributed by atoms with Gasteiger partial charge in [-0.2, -0.15) is 0 Å². The number of nitrogens with zero attached hydrogens (tertiary/aromatic N) is 10. The van der Waals surface area contributed by atoms with E-state index in [1.165, 1.54) is 38.1 Å². The first-order chi connectivity index (χ1) is 57.1. The number of fused-ring (bicyclic) bond motifs is 1. The highest BCUT2D eigenvalue weighted by molar-refractivity contribution is 7.61. The molecule has 4 heterocycles. The molecule has 0 unspecified atom stereocenters. The van der Waals surface area contributed by atoms with E-state index in [1.807, 2.05) is 281 Å². The van der Waals surface area contributed by atoms with Gasteiger partial charge < -0.3 is 4.57 Å². The van der Waals surface area contributed by atoms with E-state index in [0.29, 0.717) is 34.9 Å². The Morgan fingerprint density at radius 3 is 0.793 bits per heavy atom. The van der Waals surface area contributed by atoms with Crippen LogP contribution in [0.15, 0.2) is 401 Å². The normalized spacial score (nSPS) is 9.80. The molecule has 17 rings (SSSR count). The highest BCUT2D eigenvalue weighted by Gasteiger charge is 2.18. The van der Waals surface area contributed by atoms with Gasteiger partial charge >= 0.3 is 0 Å². The highest BCUT2D eigenvalue weighted by atomic mass is 32.1. The van der Waals surface area contributed by atoms with Crippen molar-refractivity contribution in [2.45, 2.75) is 69.2 Å². The summed E-state index contributed by atoms with van der Waals surface area (Å²) in [5.74, 6) is 4.09. The molecule has 0 aliphatic carbocycles. The van der Waals surface area contributed by atoms with Crippen LogP contribution >= 0.6 is 18.5 Å². The second kappa shape index (κ2) is 51.4. The maximum atomic E-state index is 10.2. The number of rotatable bonds is 12. The zero-order valence-electron chi connectivity index (χ0n) is 68.8. The van der Waals surface area contributed by atoms with Crippen LogP contribution in [0.2, 0.25) is 0 Å². The summed E-state index contributed by atoms with van der Waals surface area (Å²) in [4.78, 5) is 43.9. The lowest BCUT2D eigenvalue weighted by molar-refractivity contribution is 0.586. The topological polar surface area (TPSA) is 146 Å². The van der Waals surface area contributed by atoms with Crippen LogP contribution in [-0.4, -0.2) is 69.8 Å². The molecule has 0 aliphatic rings. The number of thiazole rings is 1. The van der Waals surface area contributed by atoms with Gasteiger partial charge in [0.2, 0.25) is 0 Å². The van der Waals surface area contributed by atoms with Crippen LogP contribution in [0.1, 0.15) is 91.5 Å². The Bertz CT molecular complexity index is 5330. The summed E-state index contributed by atoms with van der Waals surface area (Å²) in [6.07, 6.45) is 4.70. The van der Waals surface area contributed by atoms with Gasteiger partial charge in [-0.1, -0.05) is 421 Å². The van der Waals surface area contributed by atoms with Gasteiger partial charge in [0.1, 0.15) is 19.0 Å². The van der Waals surface area contributed by atoms with Crippen molar-refractivity contribution in [3.8, 4) is 90.6 Å². The second-order valence-electron chi connectivity index (χ2n) is 24.7. The molecule has 116 heavy (non-hydrogen) atoms. The molecule has 0 radical (unpaired) electrons. The molecule has 0 spiro atoms. The zero-order valence-corrected chi connectivity index (χ0v) is 70.6. The fourth-order valence-corrected chi connectivity index (χ4v) is 11.8. The van der Waals surface area contributed by atoms with Crippen LogP contribution in [0.4, 0.5) is 0 Å². The van der Waals surface area contributed by atoms with E-state index in [2.05, 4.69) is 215 Å². The molecule has 13 heteroatoms. The highest BCUT2D eigenvalue weighted by Crippen LogP contribution is 2.39. The first-order valence-corrected chi connectivity index (χ1v) is 43.4. The summed E-state index contributed by atoms with van der Waals surface area (Å²) < 4.78 is 11.5. The summed E-state index contributed by atoms with van der Waals surface area (Å²) in [7, 11) is -1.64. The minimum absolute atomic E-state index is 0.656. The standard InChI is InChI=1S/C41H29N3.C21H15N3.C15H11N3.C7H5NS.C6H6.C3H9OP.5C2H6/c1-5-14-31(15-6-1)38(32-16-7-2-8-17-32)39(33-18-9-3-10-19-33)37-23-13-22-36(28-37)30-24-26-35(27-25-30)41-43-29-42-40(44-41)34-20-11-4-12-21-34;1-3-8-16(9-4-1)18-12-7-13-19(14-18)21-23-15-22-20(24-21)17-10-5-2-6-11-17;1-3-7-12(8-4-1)14-16-11-17-15(18-14)13-9-5-2-6-10-13;1-2-4-7-6(3-1)8-5-9-7;1-2-4-6-5-3-1;1-5(2,3)4;5*1-2/h1-29H;1-15H;1-11H;1-5H;1-6H;1-3H3;5*1-2H3. The molecule has 17 aromatic rings. The Morgan fingerprint density at radius 1 is 0.224 bits per heavy atom. The first-order valence-electron chi connectivity index (χ1n) is 39.5. The summed E-state index contributed by atoms with van der Waals surface area (Å²) in [5, 5.41) is 0. The summed E-state index contributed by atoms with van der Waals surface area (Å²) in [6, 6.07) is 128. The predicted molar refractivity (Wildman–Crippen MR) is 495 cm³/mol. The zero-order chi connectivity index (χ0) is 82.8. The van der Waals surface area contributed by atoms with Crippen LogP contribution in [0.25, 0.3) is 112 Å². The molecule has 0 fully saturated rings. The van der Waals surface area contributed by atoms with Crippen molar-refractivity contribution in [1.29, 1.82) is 0 Å². The molecular weight excluding hydrogens is 1460 g/mol.